The molecule has 0 aliphatic heterocycles. The maximum Gasteiger partial charge on any atom is 0.164 e. The average Bonchev–Trinajstić information content (AvgIpc) is 3.59. The number of thiophene rings is 1. The smallest absolute Gasteiger partial charge is 0.164 e. The molecule has 0 fully saturated rings. The number of hydrogen-bond acceptors (Lipinski definition) is 4. The molecule has 0 radical (unpaired) electrons. The standard InChI is InChI=1S/C47H29N3S/c1-4-14-31(15-5-1)42-38-21-11-10-20-37(38)41(43-39-22-12-13-23-40(39)51-44(42)43)34-26-24-30-25-27-35(29-36(30)28-34)47-49-45(32-16-6-2-7-17-32)48-46(50-47)33-18-8-3-9-19-33/h1-29H. The van der Waals surface area contributed by atoms with Gasteiger partial charge in [0.15, 0.2) is 17.5 Å². The highest BCUT2D eigenvalue weighted by Gasteiger charge is 2.21. The van der Waals surface area contributed by atoms with Gasteiger partial charge in [0, 0.05) is 42.4 Å². The van der Waals surface area contributed by atoms with Crippen molar-refractivity contribution in [2.75, 3.05) is 0 Å². The van der Waals surface area contributed by atoms with E-state index in [1.165, 1.54) is 58.6 Å². The fourth-order valence-electron chi connectivity index (χ4n) is 7.32. The largest absolute Gasteiger partial charge is 0.208 e. The summed E-state index contributed by atoms with van der Waals surface area (Å²) in [5.74, 6) is 1.97. The number of benzene rings is 8. The van der Waals surface area contributed by atoms with Gasteiger partial charge in [-0.1, -0.05) is 158 Å². The summed E-state index contributed by atoms with van der Waals surface area (Å²) in [5, 5.41) is 7.41. The van der Waals surface area contributed by atoms with Crippen molar-refractivity contribution in [1.29, 1.82) is 0 Å². The highest BCUT2D eigenvalue weighted by molar-refractivity contribution is 7.26. The molecular formula is C47H29N3S. The molecule has 238 valence electrons. The van der Waals surface area contributed by atoms with Crippen LogP contribution >= 0.6 is 11.3 Å². The van der Waals surface area contributed by atoms with E-state index < -0.39 is 0 Å². The minimum absolute atomic E-state index is 0.652. The van der Waals surface area contributed by atoms with Gasteiger partial charge in [-0.2, -0.15) is 0 Å². The van der Waals surface area contributed by atoms with E-state index in [9.17, 15) is 0 Å². The molecule has 0 bridgehead atoms. The summed E-state index contributed by atoms with van der Waals surface area (Å²) in [7, 11) is 0. The second-order valence-electron chi connectivity index (χ2n) is 12.8. The monoisotopic (exact) mass is 667 g/mol. The predicted molar refractivity (Wildman–Crippen MR) is 215 cm³/mol. The zero-order valence-corrected chi connectivity index (χ0v) is 28.3. The number of rotatable bonds is 5. The fourth-order valence-corrected chi connectivity index (χ4v) is 8.61. The minimum Gasteiger partial charge on any atom is -0.208 e. The maximum atomic E-state index is 5.01. The SMILES string of the molecule is c1ccc(-c2nc(-c3ccccc3)nc(-c3ccc4ccc(-c5c6ccccc6c(-c6ccccc6)c6sc7ccccc7c56)cc4c3)n2)cc1. The van der Waals surface area contributed by atoms with Crippen LogP contribution in [0, 0.1) is 0 Å². The summed E-state index contributed by atoms with van der Waals surface area (Å²) in [6.07, 6.45) is 0. The summed E-state index contributed by atoms with van der Waals surface area (Å²) in [6, 6.07) is 62.2. The fraction of sp³-hybridized carbons (Fsp3) is 0. The normalized spacial score (nSPS) is 11.5. The van der Waals surface area contributed by atoms with Crippen LogP contribution in [0.15, 0.2) is 176 Å². The van der Waals surface area contributed by atoms with E-state index in [1.54, 1.807) is 0 Å². The maximum absolute atomic E-state index is 5.01. The first-order chi connectivity index (χ1) is 25.3. The molecule has 0 unspecified atom stereocenters. The Morgan fingerprint density at radius 1 is 0.333 bits per heavy atom. The van der Waals surface area contributed by atoms with E-state index in [2.05, 4.69) is 115 Å². The van der Waals surface area contributed by atoms with Crippen LogP contribution in [0.5, 0.6) is 0 Å². The molecule has 4 heteroatoms. The van der Waals surface area contributed by atoms with Gasteiger partial charge in [-0.25, -0.2) is 15.0 Å². The van der Waals surface area contributed by atoms with Crippen LogP contribution in [0.3, 0.4) is 0 Å². The van der Waals surface area contributed by atoms with Crippen LogP contribution in [-0.2, 0) is 0 Å². The van der Waals surface area contributed by atoms with Gasteiger partial charge in [-0.05, 0) is 56.4 Å². The molecule has 10 rings (SSSR count). The second-order valence-corrected chi connectivity index (χ2v) is 13.8. The van der Waals surface area contributed by atoms with E-state index in [-0.39, 0.29) is 0 Å². The van der Waals surface area contributed by atoms with Gasteiger partial charge in [0.25, 0.3) is 0 Å². The van der Waals surface area contributed by atoms with Gasteiger partial charge in [-0.3, -0.25) is 0 Å². The van der Waals surface area contributed by atoms with Gasteiger partial charge in [0.1, 0.15) is 0 Å². The lowest BCUT2D eigenvalue weighted by atomic mass is 9.87. The molecule has 3 nitrogen and oxygen atoms in total. The van der Waals surface area contributed by atoms with Crippen molar-refractivity contribution in [3.63, 3.8) is 0 Å². The number of nitrogens with zero attached hydrogens (tertiary/aromatic N) is 3. The molecule has 0 N–H and O–H groups in total. The summed E-state index contributed by atoms with van der Waals surface area (Å²) in [5.41, 5.74) is 7.86. The van der Waals surface area contributed by atoms with Crippen molar-refractivity contribution in [1.82, 2.24) is 15.0 Å². The van der Waals surface area contributed by atoms with Crippen molar-refractivity contribution in [3.05, 3.63) is 176 Å². The molecular weight excluding hydrogens is 639 g/mol. The van der Waals surface area contributed by atoms with Crippen molar-refractivity contribution < 1.29 is 0 Å². The van der Waals surface area contributed by atoms with Crippen molar-refractivity contribution >= 4 is 53.1 Å². The first kappa shape index (κ1) is 29.4. The molecule has 10 aromatic rings. The molecule has 51 heavy (non-hydrogen) atoms. The second kappa shape index (κ2) is 12.1. The summed E-state index contributed by atoms with van der Waals surface area (Å²) >= 11 is 1.89. The molecule has 0 saturated carbocycles. The van der Waals surface area contributed by atoms with Crippen LogP contribution in [-0.4, -0.2) is 15.0 Å². The Hall–Kier alpha value is -6.49. The number of hydrogen-bond donors (Lipinski definition) is 0. The Balaban J connectivity index is 1.21. The van der Waals surface area contributed by atoms with Crippen LogP contribution in [0.1, 0.15) is 0 Å². The van der Waals surface area contributed by atoms with E-state index in [0.717, 1.165) is 22.1 Å². The number of aromatic nitrogens is 3. The summed E-state index contributed by atoms with van der Waals surface area (Å²) < 4.78 is 2.61. The first-order valence-electron chi connectivity index (χ1n) is 17.1. The van der Waals surface area contributed by atoms with Gasteiger partial charge in [0.2, 0.25) is 0 Å². The Morgan fingerprint density at radius 3 is 1.43 bits per heavy atom. The third-order valence-corrected chi connectivity index (χ3v) is 10.9. The Bertz CT molecular complexity index is 2840. The third-order valence-electron chi connectivity index (χ3n) is 9.69. The Labute approximate surface area is 299 Å². The van der Waals surface area contributed by atoms with E-state index in [4.69, 9.17) is 15.0 Å². The van der Waals surface area contributed by atoms with Crippen molar-refractivity contribution in [2.45, 2.75) is 0 Å². The molecule has 2 heterocycles. The van der Waals surface area contributed by atoms with E-state index in [0.29, 0.717) is 17.5 Å². The molecule has 0 atom stereocenters. The molecule has 0 aliphatic rings. The zero-order chi connectivity index (χ0) is 33.7. The van der Waals surface area contributed by atoms with Gasteiger partial charge >= 0.3 is 0 Å². The van der Waals surface area contributed by atoms with Crippen LogP contribution in [0.4, 0.5) is 0 Å². The highest BCUT2D eigenvalue weighted by Crippen LogP contribution is 2.50. The minimum atomic E-state index is 0.652. The van der Waals surface area contributed by atoms with Crippen LogP contribution in [0.25, 0.3) is 98.1 Å². The highest BCUT2D eigenvalue weighted by atomic mass is 32.1. The van der Waals surface area contributed by atoms with Gasteiger partial charge in [-0.15, -0.1) is 11.3 Å². The Morgan fingerprint density at radius 2 is 0.804 bits per heavy atom. The zero-order valence-electron chi connectivity index (χ0n) is 27.5. The molecule has 0 aliphatic carbocycles. The van der Waals surface area contributed by atoms with Crippen LogP contribution < -0.4 is 0 Å². The topological polar surface area (TPSA) is 38.7 Å². The van der Waals surface area contributed by atoms with E-state index in [1.807, 2.05) is 72.0 Å². The summed E-state index contributed by atoms with van der Waals surface area (Å²) in [6.45, 7) is 0. The lowest BCUT2D eigenvalue weighted by Gasteiger charge is -2.16. The third kappa shape index (κ3) is 5.08. The molecule has 0 saturated heterocycles. The van der Waals surface area contributed by atoms with Crippen LogP contribution in [0.2, 0.25) is 0 Å². The van der Waals surface area contributed by atoms with Gasteiger partial charge < -0.3 is 0 Å². The lowest BCUT2D eigenvalue weighted by Crippen LogP contribution is -2.00. The molecule has 0 amide bonds. The van der Waals surface area contributed by atoms with Gasteiger partial charge in [0.05, 0.1) is 0 Å². The average molecular weight is 668 g/mol. The Kier molecular flexibility index (Phi) is 7.00. The quantitative estimate of drug-likeness (QED) is 0.183. The molecule has 2 aromatic heterocycles. The van der Waals surface area contributed by atoms with E-state index >= 15 is 0 Å². The predicted octanol–water partition coefficient (Wildman–Crippen LogP) is 12.9. The first-order valence-corrected chi connectivity index (χ1v) is 17.9. The summed E-state index contributed by atoms with van der Waals surface area (Å²) in [4.78, 5) is 14.9. The van der Waals surface area contributed by atoms with Crippen molar-refractivity contribution in [3.8, 4) is 56.4 Å². The lowest BCUT2D eigenvalue weighted by molar-refractivity contribution is 1.07. The van der Waals surface area contributed by atoms with Crippen molar-refractivity contribution in [2.24, 2.45) is 0 Å². The molecule has 0 spiro atoms. The number of fused-ring (bicyclic) bond motifs is 5. The molecule has 8 aromatic carbocycles.